The van der Waals surface area contributed by atoms with Crippen LogP contribution >= 0.6 is 0 Å². The summed E-state index contributed by atoms with van der Waals surface area (Å²) in [5.74, 6) is -2.94. The first-order chi connectivity index (χ1) is 13.5. The van der Waals surface area contributed by atoms with E-state index in [-0.39, 0.29) is 28.7 Å². The van der Waals surface area contributed by atoms with E-state index in [4.69, 9.17) is 0 Å². The van der Waals surface area contributed by atoms with E-state index in [1.54, 1.807) is 0 Å². The molecule has 8 heteroatoms. The number of carbonyl (C=O) groups is 1. The summed E-state index contributed by atoms with van der Waals surface area (Å²) in [5.41, 5.74) is -1.36. The van der Waals surface area contributed by atoms with Gasteiger partial charge < -0.3 is 19.5 Å². The van der Waals surface area contributed by atoms with E-state index < -0.39 is 28.6 Å². The maximum atomic E-state index is 15.7. The van der Waals surface area contributed by atoms with Gasteiger partial charge in [-0.25, -0.2) is 13.6 Å². The molecule has 1 aliphatic carbocycles. The molecule has 1 N–H and O–H groups in total. The summed E-state index contributed by atoms with van der Waals surface area (Å²) in [6, 6.07) is 1.04. The summed E-state index contributed by atoms with van der Waals surface area (Å²) < 4.78 is 32.3. The molecule has 0 unspecified atom stereocenters. The first-order valence-electron chi connectivity index (χ1n) is 9.75. The number of benzene rings is 1. The average Bonchev–Trinajstić information content (AvgIpc) is 3.51. The van der Waals surface area contributed by atoms with Crippen molar-refractivity contribution in [1.29, 1.82) is 0 Å². The predicted octanol–water partition coefficient (Wildman–Crippen LogP) is 2.60. The molecule has 0 radical (unpaired) electrons. The largest absolute Gasteiger partial charge is 0.477 e. The molecule has 4 aliphatic rings. The normalized spacial score (nSPS) is 24.6. The number of carboxylic acids is 1. The number of hydrogen-bond acceptors (Lipinski definition) is 4. The Morgan fingerprint density at radius 1 is 1.04 bits per heavy atom. The van der Waals surface area contributed by atoms with Crippen LogP contribution in [0.2, 0.25) is 0 Å². The molecule has 1 saturated carbocycles. The van der Waals surface area contributed by atoms with Gasteiger partial charge in [0.25, 0.3) is 0 Å². The summed E-state index contributed by atoms with van der Waals surface area (Å²) >= 11 is 0. The van der Waals surface area contributed by atoms with Crippen molar-refractivity contribution in [1.82, 2.24) is 9.47 Å². The molecule has 0 atom stereocenters. The third-order valence-corrected chi connectivity index (χ3v) is 6.30. The smallest absolute Gasteiger partial charge is 0.341 e. The van der Waals surface area contributed by atoms with Gasteiger partial charge in [0.1, 0.15) is 17.1 Å². The number of fused-ring (bicyclic) bond motifs is 5. The van der Waals surface area contributed by atoms with Gasteiger partial charge in [0.05, 0.1) is 10.9 Å². The Balaban J connectivity index is 1.76. The zero-order valence-electron chi connectivity index (χ0n) is 15.3. The Morgan fingerprint density at radius 3 is 2.39 bits per heavy atom. The van der Waals surface area contributed by atoms with E-state index >= 15 is 8.78 Å². The van der Waals surface area contributed by atoms with Crippen LogP contribution in [0.1, 0.15) is 42.1 Å². The minimum absolute atomic E-state index is 0.0213. The van der Waals surface area contributed by atoms with E-state index in [2.05, 4.69) is 4.90 Å². The molecule has 3 aliphatic heterocycles. The Bertz CT molecular complexity index is 1040. The Labute approximate surface area is 160 Å². The highest BCUT2D eigenvalue weighted by Crippen LogP contribution is 2.40. The molecule has 4 heterocycles. The SMILES string of the molecule is O=C(O)c1cn(C2CC2)c2c(F)c(N3CCN4CCC3CC4)c(F)cc2c1=O. The lowest BCUT2D eigenvalue weighted by Gasteiger charge is -2.33. The molecule has 6 nitrogen and oxygen atoms in total. The number of pyridine rings is 1. The van der Waals surface area contributed by atoms with Crippen LogP contribution in [-0.2, 0) is 0 Å². The fraction of sp³-hybridized carbons (Fsp3) is 0.500. The minimum atomic E-state index is -1.38. The summed E-state index contributed by atoms with van der Waals surface area (Å²) in [7, 11) is 0. The summed E-state index contributed by atoms with van der Waals surface area (Å²) in [6.45, 7) is 3.13. The van der Waals surface area contributed by atoms with Gasteiger partial charge in [-0.1, -0.05) is 0 Å². The third kappa shape index (κ3) is 2.62. The Kier molecular flexibility index (Phi) is 3.94. The molecule has 28 heavy (non-hydrogen) atoms. The van der Waals surface area contributed by atoms with Crippen molar-refractivity contribution >= 4 is 22.6 Å². The highest BCUT2D eigenvalue weighted by atomic mass is 19.1. The zero-order chi connectivity index (χ0) is 19.6. The summed E-state index contributed by atoms with van der Waals surface area (Å²) in [5, 5.41) is 9.14. The Morgan fingerprint density at radius 2 is 1.75 bits per heavy atom. The van der Waals surface area contributed by atoms with E-state index in [0.717, 1.165) is 51.4 Å². The van der Waals surface area contributed by atoms with Crippen LogP contribution in [-0.4, -0.2) is 52.8 Å². The first kappa shape index (κ1) is 17.6. The van der Waals surface area contributed by atoms with Gasteiger partial charge >= 0.3 is 5.97 Å². The van der Waals surface area contributed by atoms with Gasteiger partial charge in [0.2, 0.25) is 5.43 Å². The molecule has 2 aromatic rings. The molecule has 0 amide bonds. The maximum absolute atomic E-state index is 15.7. The highest BCUT2D eigenvalue weighted by molar-refractivity contribution is 5.94. The van der Waals surface area contributed by atoms with Crippen molar-refractivity contribution in [2.75, 3.05) is 31.1 Å². The second-order valence-electron chi connectivity index (χ2n) is 8.00. The molecular weight excluding hydrogens is 368 g/mol. The molecule has 1 aromatic heterocycles. The summed E-state index contributed by atoms with van der Waals surface area (Å²) in [4.78, 5) is 28.2. The average molecular weight is 389 g/mol. The van der Waals surface area contributed by atoms with Crippen LogP contribution in [0.15, 0.2) is 17.1 Å². The fourth-order valence-electron chi connectivity index (χ4n) is 4.67. The molecule has 148 valence electrons. The quantitative estimate of drug-likeness (QED) is 0.874. The predicted molar refractivity (Wildman–Crippen MR) is 100 cm³/mol. The topological polar surface area (TPSA) is 65.8 Å². The van der Waals surface area contributed by atoms with Crippen molar-refractivity contribution in [3.8, 4) is 0 Å². The van der Waals surface area contributed by atoms with Gasteiger partial charge in [0, 0.05) is 44.5 Å². The number of rotatable bonds is 3. The van der Waals surface area contributed by atoms with Crippen LogP contribution in [0.3, 0.4) is 0 Å². The molecule has 4 fully saturated rings. The van der Waals surface area contributed by atoms with Gasteiger partial charge in [-0.15, -0.1) is 0 Å². The highest BCUT2D eigenvalue weighted by Gasteiger charge is 2.35. The number of carboxylic acid groups (broad SMARTS) is 1. The van der Waals surface area contributed by atoms with Crippen LogP contribution < -0.4 is 10.3 Å². The van der Waals surface area contributed by atoms with Crippen molar-refractivity contribution in [2.45, 2.75) is 37.8 Å². The number of piperidine rings is 1. The third-order valence-electron chi connectivity index (χ3n) is 6.30. The molecule has 3 saturated heterocycles. The van der Waals surface area contributed by atoms with Crippen molar-refractivity contribution in [3.63, 3.8) is 0 Å². The minimum Gasteiger partial charge on any atom is -0.477 e. The van der Waals surface area contributed by atoms with Crippen LogP contribution in [0.4, 0.5) is 14.5 Å². The van der Waals surface area contributed by atoms with Gasteiger partial charge in [0.15, 0.2) is 5.82 Å². The number of nitrogens with zero attached hydrogens (tertiary/aromatic N) is 3. The molecular formula is C20H21F2N3O3. The van der Waals surface area contributed by atoms with E-state index in [1.807, 2.05) is 4.90 Å². The molecule has 0 spiro atoms. The Hall–Kier alpha value is -2.48. The zero-order valence-corrected chi connectivity index (χ0v) is 15.3. The maximum Gasteiger partial charge on any atom is 0.341 e. The number of anilines is 1. The number of aromatic carboxylic acids is 1. The number of hydrogen-bond donors (Lipinski definition) is 1. The van der Waals surface area contributed by atoms with Crippen LogP contribution in [0.5, 0.6) is 0 Å². The van der Waals surface area contributed by atoms with Gasteiger partial charge in [-0.05, 0) is 31.7 Å². The standard InChI is InChI=1S/C20H21F2N3O3/c21-15-9-13-17(25(11-1-2-11)10-14(19(13)26)20(27)28)16(22)18(15)24-8-7-23-5-3-12(24)4-6-23/h9-12H,1-8H2,(H,27,28). The van der Waals surface area contributed by atoms with E-state index in [1.165, 1.54) is 10.8 Å². The fourth-order valence-corrected chi connectivity index (χ4v) is 4.67. The number of halogens is 2. The van der Waals surface area contributed by atoms with E-state index in [9.17, 15) is 14.7 Å². The van der Waals surface area contributed by atoms with Crippen LogP contribution in [0, 0.1) is 11.6 Å². The molecule has 1 aromatic carbocycles. The lowest BCUT2D eigenvalue weighted by molar-refractivity contribution is 0.0695. The van der Waals surface area contributed by atoms with Gasteiger partial charge in [-0.2, -0.15) is 0 Å². The van der Waals surface area contributed by atoms with Crippen molar-refractivity contribution < 1.29 is 18.7 Å². The van der Waals surface area contributed by atoms with E-state index in [0.29, 0.717) is 6.54 Å². The number of aromatic nitrogens is 1. The lowest BCUT2D eigenvalue weighted by atomic mass is 10.0. The summed E-state index contributed by atoms with van der Waals surface area (Å²) in [6.07, 6.45) is 4.48. The lowest BCUT2D eigenvalue weighted by Crippen LogP contribution is -2.39. The second-order valence-corrected chi connectivity index (χ2v) is 8.00. The monoisotopic (exact) mass is 389 g/mol. The van der Waals surface area contributed by atoms with Gasteiger partial charge in [-0.3, -0.25) is 4.79 Å². The van der Waals surface area contributed by atoms with Crippen molar-refractivity contribution in [2.24, 2.45) is 0 Å². The molecule has 6 rings (SSSR count). The van der Waals surface area contributed by atoms with Crippen LogP contribution in [0.25, 0.3) is 10.9 Å². The molecule has 2 bridgehead atoms. The first-order valence-corrected chi connectivity index (χ1v) is 9.75. The second kappa shape index (κ2) is 6.27. The van der Waals surface area contributed by atoms with Crippen molar-refractivity contribution in [3.05, 3.63) is 39.7 Å².